The van der Waals surface area contributed by atoms with Gasteiger partial charge in [0.15, 0.2) is 0 Å². The highest BCUT2D eigenvalue weighted by Gasteiger charge is 2.10. The lowest BCUT2D eigenvalue weighted by Gasteiger charge is -2.05. The number of nitrogens with zero attached hydrogens (tertiary/aromatic N) is 1. The summed E-state index contributed by atoms with van der Waals surface area (Å²) in [6.45, 7) is 0. The van der Waals surface area contributed by atoms with Crippen LogP contribution in [-0.2, 0) is 0 Å². The molecule has 82 valence electrons. The molecule has 0 saturated carbocycles. The maximum atomic E-state index is 13.4. The van der Waals surface area contributed by atoms with E-state index in [0.717, 1.165) is 0 Å². The Labute approximate surface area is 107 Å². The average molecular weight is 277 g/mol. The molecule has 0 bridgehead atoms. The van der Waals surface area contributed by atoms with Gasteiger partial charge in [0.1, 0.15) is 0 Å². The van der Waals surface area contributed by atoms with Crippen LogP contribution in [0.15, 0.2) is 30.5 Å². The van der Waals surface area contributed by atoms with Crippen LogP contribution in [-0.4, -0.2) is 4.98 Å². The van der Waals surface area contributed by atoms with Crippen LogP contribution in [0.1, 0.15) is 0 Å². The van der Waals surface area contributed by atoms with Crippen molar-refractivity contribution in [1.82, 2.24) is 4.98 Å². The molecular weight excluding hydrogens is 271 g/mol. The number of rotatable bonds is 1. The summed E-state index contributed by atoms with van der Waals surface area (Å²) in [6.07, 6.45) is 1.37. The molecule has 0 amide bonds. The van der Waals surface area contributed by atoms with Crippen molar-refractivity contribution in [1.29, 1.82) is 0 Å². The van der Waals surface area contributed by atoms with Crippen molar-refractivity contribution in [2.45, 2.75) is 0 Å². The largest absolute Gasteiger partial charge is 0.228 e. The molecule has 2 rings (SSSR count). The van der Waals surface area contributed by atoms with Gasteiger partial charge in [-0.2, -0.15) is 4.39 Å². The second-order valence-corrected chi connectivity index (χ2v) is 4.29. The summed E-state index contributed by atoms with van der Waals surface area (Å²) >= 11 is 17.5. The number of pyridine rings is 1. The van der Waals surface area contributed by atoms with E-state index in [4.69, 9.17) is 34.8 Å². The van der Waals surface area contributed by atoms with Crippen LogP contribution < -0.4 is 0 Å². The zero-order chi connectivity index (χ0) is 11.7. The fourth-order valence-corrected chi connectivity index (χ4v) is 1.91. The van der Waals surface area contributed by atoms with Gasteiger partial charge < -0.3 is 0 Å². The normalized spacial score (nSPS) is 10.5. The second kappa shape index (κ2) is 4.58. The van der Waals surface area contributed by atoms with E-state index in [0.29, 0.717) is 11.1 Å². The third-order valence-corrected chi connectivity index (χ3v) is 3.25. The lowest BCUT2D eigenvalue weighted by Crippen LogP contribution is -1.88. The number of hydrogen-bond donors (Lipinski definition) is 0. The van der Waals surface area contributed by atoms with Crippen molar-refractivity contribution in [3.63, 3.8) is 0 Å². The third-order valence-electron chi connectivity index (χ3n) is 2.05. The van der Waals surface area contributed by atoms with Gasteiger partial charge in [-0.15, -0.1) is 0 Å². The predicted molar refractivity (Wildman–Crippen MR) is 64.7 cm³/mol. The molecule has 0 unspecified atom stereocenters. The third kappa shape index (κ3) is 2.14. The maximum absolute atomic E-state index is 13.4. The Morgan fingerprint density at radius 1 is 1.06 bits per heavy atom. The quantitative estimate of drug-likeness (QED) is 0.536. The summed E-state index contributed by atoms with van der Waals surface area (Å²) in [5.74, 6) is -0.572. The Morgan fingerprint density at radius 3 is 2.25 bits per heavy atom. The molecule has 0 aliphatic carbocycles. The van der Waals surface area contributed by atoms with E-state index >= 15 is 0 Å². The molecule has 0 aliphatic rings. The fourth-order valence-electron chi connectivity index (χ4n) is 1.31. The first-order valence-electron chi connectivity index (χ1n) is 4.35. The molecule has 5 heteroatoms. The van der Waals surface area contributed by atoms with Crippen molar-refractivity contribution in [3.05, 3.63) is 51.5 Å². The van der Waals surface area contributed by atoms with E-state index in [1.54, 1.807) is 24.3 Å². The maximum Gasteiger partial charge on any atom is 0.220 e. The van der Waals surface area contributed by atoms with Gasteiger partial charge in [0.05, 0.1) is 15.1 Å². The predicted octanol–water partition coefficient (Wildman–Crippen LogP) is 4.85. The first-order chi connectivity index (χ1) is 7.59. The van der Waals surface area contributed by atoms with Gasteiger partial charge in [-0.3, -0.25) is 0 Å². The summed E-state index contributed by atoms with van der Waals surface area (Å²) in [4.78, 5) is 3.55. The highest BCUT2D eigenvalue weighted by Crippen LogP contribution is 2.35. The van der Waals surface area contributed by atoms with E-state index in [-0.39, 0.29) is 15.1 Å². The number of hydrogen-bond acceptors (Lipinski definition) is 1. The molecular formula is C11H5Cl3FN. The molecule has 0 saturated heterocycles. The van der Waals surface area contributed by atoms with E-state index in [1.165, 1.54) is 6.20 Å². The highest BCUT2D eigenvalue weighted by atomic mass is 35.5. The Kier molecular flexibility index (Phi) is 3.33. The summed E-state index contributed by atoms with van der Waals surface area (Å²) < 4.78 is 13.4. The monoisotopic (exact) mass is 275 g/mol. The molecule has 2 aromatic rings. The summed E-state index contributed by atoms with van der Waals surface area (Å²) in [5, 5.41) is 0.830. The second-order valence-electron chi connectivity index (χ2n) is 3.10. The topological polar surface area (TPSA) is 12.9 Å². The smallest absolute Gasteiger partial charge is 0.220 e. The van der Waals surface area contributed by atoms with Gasteiger partial charge in [-0.25, -0.2) is 4.98 Å². The van der Waals surface area contributed by atoms with Gasteiger partial charge in [0.2, 0.25) is 5.95 Å². The molecule has 0 aliphatic heterocycles. The summed E-state index contributed by atoms with van der Waals surface area (Å²) in [7, 11) is 0. The molecule has 0 radical (unpaired) electrons. The van der Waals surface area contributed by atoms with Gasteiger partial charge in [0, 0.05) is 11.8 Å². The first-order valence-corrected chi connectivity index (χ1v) is 5.48. The van der Waals surface area contributed by atoms with Crippen LogP contribution in [0.3, 0.4) is 0 Å². The van der Waals surface area contributed by atoms with Gasteiger partial charge in [-0.1, -0.05) is 34.8 Å². The van der Waals surface area contributed by atoms with Gasteiger partial charge >= 0.3 is 0 Å². The minimum atomic E-state index is -0.572. The van der Waals surface area contributed by atoms with Crippen molar-refractivity contribution in [2.24, 2.45) is 0 Å². The fraction of sp³-hybridized carbons (Fsp3) is 0. The Bertz CT molecular complexity index is 519. The zero-order valence-corrected chi connectivity index (χ0v) is 10.1. The average Bonchev–Trinajstić information content (AvgIpc) is 2.26. The molecule has 1 heterocycles. The first kappa shape index (κ1) is 11.6. The Balaban J connectivity index is 2.62. The van der Waals surface area contributed by atoms with Crippen molar-refractivity contribution < 1.29 is 4.39 Å². The van der Waals surface area contributed by atoms with Crippen molar-refractivity contribution >= 4 is 34.8 Å². The van der Waals surface area contributed by atoms with E-state index < -0.39 is 5.95 Å². The number of halogens is 4. The zero-order valence-electron chi connectivity index (χ0n) is 7.85. The molecule has 1 aromatic carbocycles. The standard InChI is InChI=1S/C11H5Cl3FN/c12-8-4-6(5-9(13)10(8)14)7-2-1-3-16-11(7)15/h1-5H. The molecule has 1 aromatic heterocycles. The SMILES string of the molecule is Fc1ncccc1-c1cc(Cl)c(Cl)c(Cl)c1. The summed E-state index contributed by atoms with van der Waals surface area (Å²) in [6, 6.07) is 6.33. The van der Waals surface area contributed by atoms with Gasteiger partial charge in [0.25, 0.3) is 0 Å². The van der Waals surface area contributed by atoms with E-state index in [1.807, 2.05) is 0 Å². The Morgan fingerprint density at radius 2 is 1.69 bits per heavy atom. The molecule has 0 N–H and O–H groups in total. The lowest BCUT2D eigenvalue weighted by atomic mass is 10.1. The highest BCUT2D eigenvalue weighted by molar-refractivity contribution is 6.48. The molecule has 0 spiro atoms. The van der Waals surface area contributed by atoms with Gasteiger partial charge in [-0.05, 0) is 29.8 Å². The number of aromatic nitrogens is 1. The minimum Gasteiger partial charge on any atom is -0.228 e. The molecule has 0 atom stereocenters. The van der Waals surface area contributed by atoms with Crippen LogP contribution in [0.25, 0.3) is 11.1 Å². The molecule has 1 nitrogen and oxygen atoms in total. The van der Waals surface area contributed by atoms with Crippen molar-refractivity contribution in [3.8, 4) is 11.1 Å². The molecule has 16 heavy (non-hydrogen) atoms. The van der Waals surface area contributed by atoms with Crippen LogP contribution in [0.5, 0.6) is 0 Å². The minimum absolute atomic E-state index is 0.261. The summed E-state index contributed by atoms with van der Waals surface area (Å²) in [5.41, 5.74) is 0.882. The number of benzene rings is 1. The molecule has 0 fully saturated rings. The van der Waals surface area contributed by atoms with Crippen LogP contribution >= 0.6 is 34.8 Å². The van der Waals surface area contributed by atoms with Crippen LogP contribution in [0.2, 0.25) is 15.1 Å². The van der Waals surface area contributed by atoms with E-state index in [9.17, 15) is 4.39 Å². The lowest BCUT2D eigenvalue weighted by molar-refractivity contribution is 0.587. The Hall–Kier alpha value is -0.830. The van der Waals surface area contributed by atoms with Crippen LogP contribution in [0.4, 0.5) is 4.39 Å². The van der Waals surface area contributed by atoms with E-state index in [2.05, 4.69) is 4.98 Å². The van der Waals surface area contributed by atoms with Crippen molar-refractivity contribution in [2.75, 3.05) is 0 Å². The van der Waals surface area contributed by atoms with Crippen LogP contribution in [0, 0.1) is 5.95 Å².